The van der Waals surface area contributed by atoms with Gasteiger partial charge in [0, 0.05) is 22.8 Å². The van der Waals surface area contributed by atoms with Crippen LogP contribution in [0.1, 0.15) is 42.6 Å². The molecule has 2 aromatic rings. The summed E-state index contributed by atoms with van der Waals surface area (Å²) in [6.45, 7) is 0.507. The minimum atomic E-state index is -0.781. The van der Waals surface area contributed by atoms with Gasteiger partial charge in [-0.2, -0.15) is 0 Å². The molecule has 1 heterocycles. The van der Waals surface area contributed by atoms with E-state index in [1.165, 1.54) is 12.1 Å². The lowest BCUT2D eigenvalue weighted by atomic mass is 10.1. The molecule has 0 aliphatic carbocycles. The average molecular weight is 385 g/mol. The maximum absolute atomic E-state index is 13.8. The zero-order chi connectivity index (χ0) is 16.8. The molecular formula is C16H18BrFN2O3. The summed E-state index contributed by atoms with van der Waals surface area (Å²) >= 11 is 3.21. The number of unbranched alkanes of at least 4 members (excludes halogenated alkanes) is 3. The number of hydrogen-bond donors (Lipinski definition) is 3. The number of carboxylic acids is 1. The van der Waals surface area contributed by atoms with Crippen molar-refractivity contribution in [3.05, 3.63) is 34.2 Å². The Morgan fingerprint density at radius 3 is 2.65 bits per heavy atom. The fraction of sp³-hybridized carbons (Fsp3) is 0.375. The molecule has 1 aromatic carbocycles. The molecule has 0 atom stereocenters. The van der Waals surface area contributed by atoms with Crippen molar-refractivity contribution in [2.75, 3.05) is 6.54 Å². The van der Waals surface area contributed by atoms with Crippen LogP contribution >= 0.6 is 15.9 Å². The third kappa shape index (κ3) is 5.06. The van der Waals surface area contributed by atoms with E-state index in [-0.39, 0.29) is 18.1 Å². The highest BCUT2D eigenvalue weighted by atomic mass is 79.9. The van der Waals surface area contributed by atoms with E-state index in [0.29, 0.717) is 34.0 Å². The third-order valence-electron chi connectivity index (χ3n) is 3.50. The molecule has 2 rings (SSSR count). The lowest BCUT2D eigenvalue weighted by Gasteiger charge is -2.03. The van der Waals surface area contributed by atoms with Gasteiger partial charge in [0.25, 0.3) is 5.91 Å². The number of H-pyrrole nitrogens is 1. The van der Waals surface area contributed by atoms with E-state index in [9.17, 15) is 14.0 Å². The number of fused-ring (bicyclic) bond motifs is 1. The van der Waals surface area contributed by atoms with Crippen LogP contribution in [-0.2, 0) is 4.79 Å². The molecule has 0 radical (unpaired) electrons. The van der Waals surface area contributed by atoms with E-state index in [0.717, 1.165) is 19.3 Å². The number of carboxylic acid groups (broad SMARTS) is 1. The number of aromatic nitrogens is 1. The monoisotopic (exact) mass is 384 g/mol. The first-order valence-electron chi connectivity index (χ1n) is 7.45. The fourth-order valence-corrected chi connectivity index (χ4v) is 2.76. The van der Waals surface area contributed by atoms with Gasteiger partial charge in [0.1, 0.15) is 11.5 Å². The Hall–Kier alpha value is -1.89. The topological polar surface area (TPSA) is 82.2 Å². The molecule has 0 saturated carbocycles. The van der Waals surface area contributed by atoms with E-state index >= 15 is 0 Å². The van der Waals surface area contributed by atoms with Gasteiger partial charge in [-0.1, -0.05) is 28.8 Å². The second kappa shape index (κ2) is 8.10. The van der Waals surface area contributed by atoms with Crippen LogP contribution in [0.25, 0.3) is 10.9 Å². The number of halogens is 2. The number of rotatable bonds is 8. The van der Waals surface area contributed by atoms with E-state index in [1.54, 1.807) is 6.07 Å². The number of nitrogens with one attached hydrogen (secondary N) is 2. The Labute approximate surface area is 141 Å². The summed E-state index contributed by atoms with van der Waals surface area (Å²) in [4.78, 5) is 25.3. The van der Waals surface area contributed by atoms with E-state index in [2.05, 4.69) is 26.2 Å². The van der Waals surface area contributed by atoms with Gasteiger partial charge in [0.15, 0.2) is 0 Å². The van der Waals surface area contributed by atoms with Crippen molar-refractivity contribution in [2.45, 2.75) is 32.1 Å². The number of carbonyl (C=O) groups is 2. The maximum atomic E-state index is 13.8. The standard InChI is InChI=1S/C16H18BrFN2O3/c17-10-7-12(18)11-9-14(20-13(11)8-10)16(23)19-6-4-2-1-3-5-15(21)22/h7-9,20H,1-6H2,(H,19,23)(H,21,22). The minimum absolute atomic E-state index is 0.183. The van der Waals surface area contributed by atoms with Crippen molar-refractivity contribution in [3.8, 4) is 0 Å². The summed E-state index contributed by atoms with van der Waals surface area (Å²) in [5.41, 5.74) is 0.888. The van der Waals surface area contributed by atoms with Gasteiger partial charge in [-0.15, -0.1) is 0 Å². The average Bonchev–Trinajstić information content (AvgIpc) is 2.90. The molecule has 124 valence electrons. The molecule has 1 amide bonds. The maximum Gasteiger partial charge on any atom is 0.303 e. The van der Waals surface area contributed by atoms with Crippen LogP contribution in [0.15, 0.2) is 22.7 Å². The highest BCUT2D eigenvalue weighted by Crippen LogP contribution is 2.23. The smallest absolute Gasteiger partial charge is 0.303 e. The van der Waals surface area contributed by atoms with Crippen LogP contribution in [0, 0.1) is 5.82 Å². The SMILES string of the molecule is O=C(O)CCCCCCNC(=O)c1cc2c(F)cc(Br)cc2[nH]1. The number of amides is 1. The molecule has 0 spiro atoms. The quantitative estimate of drug-likeness (QED) is 0.604. The van der Waals surface area contributed by atoms with E-state index in [4.69, 9.17) is 5.11 Å². The predicted molar refractivity (Wildman–Crippen MR) is 89.0 cm³/mol. The summed E-state index contributed by atoms with van der Waals surface area (Å²) in [6, 6.07) is 4.58. The molecule has 0 aliphatic rings. The van der Waals surface area contributed by atoms with Crippen molar-refractivity contribution in [2.24, 2.45) is 0 Å². The number of aromatic amines is 1. The van der Waals surface area contributed by atoms with Gasteiger partial charge in [0.2, 0.25) is 0 Å². The van der Waals surface area contributed by atoms with Gasteiger partial charge in [-0.3, -0.25) is 9.59 Å². The largest absolute Gasteiger partial charge is 0.481 e. The molecule has 3 N–H and O–H groups in total. The zero-order valence-corrected chi connectivity index (χ0v) is 14.1. The Balaban J connectivity index is 1.80. The molecule has 1 aromatic heterocycles. The predicted octanol–water partition coefficient (Wildman–Crippen LogP) is 3.83. The Kier molecular flexibility index (Phi) is 6.15. The van der Waals surface area contributed by atoms with Crippen LogP contribution in [0.4, 0.5) is 4.39 Å². The van der Waals surface area contributed by atoms with E-state index < -0.39 is 5.97 Å². The molecule has 7 heteroatoms. The molecule has 23 heavy (non-hydrogen) atoms. The van der Waals surface area contributed by atoms with Crippen molar-refractivity contribution in [3.63, 3.8) is 0 Å². The van der Waals surface area contributed by atoms with Gasteiger partial charge in [-0.05, 0) is 31.0 Å². The fourth-order valence-electron chi connectivity index (χ4n) is 2.33. The first-order valence-corrected chi connectivity index (χ1v) is 8.24. The van der Waals surface area contributed by atoms with Gasteiger partial charge in [-0.25, -0.2) is 4.39 Å². The molecule has 0 saturated heterocycles. The molecule has 0 bridgehead atoms. The molecule has 5 nitrogen and oxygen atoms in total. The summed E-state index contributed by atoms with van der Waals surface area (Å²) < 4.78 is 14.4. The lowest BCUT2D eigenvalue weighted by Crippen LogP contribution is -2.24. The summed E-state index contributed by atoms with van der Waals surface area (Å²) in [5.74, 6) is -1.44. The molecule has 0 unspecified atom stereocenters. The van der Waals surface area contributed by atoms with Crippen molar-refractivity contribution < 1.29 is 19.1 Å². The number of benzene rings is 1. The number of hydrogen-bond acceptors (Lipinski definition) is 2. The first kappa shape index (κ1) is 17.5. The highest BCUT2D eigenvalue weighted by molar-refractivity contribution is 9.10. The number of carbonyl (C=O) groups excluding carboxylic acids is 1. The Morgan fingerprint density at radius 1 is 1.17 bits per heavy atom. The Bertz CT molecular complexity index is 715. The molecule has 0 fully saturated rings. The van der Waals surface area contributed by atoms with Crippen molar-refractivity contribution in [1.82, 2.24) is 10.3 Å². The van der Waals surface area contributed by atoms with Crippen LogP contribution in [0.3, 0.4) is 0 Å². The van der Waals surface area contributed by atoms with Crippen LogP contribution in [0.2, 0.25) is 0 Å². The van der Waals surface area contributed by atoms with Gasteiger partial charge < -0.3 is 15.4 Å². The summed E-state index contributed by atoms with van der Waals surface area (Å²) in [5, 5.41) is 11.7. The highest BCUT2D eigenvalue weighted by Gasteiger charge is 2.12. The van der Waals surface area contributed by atoms with Gasteiger partial charge >= 0.3 is 5.97 Å². The minimum Gasteiger partial charge on any atom is -0.481 e. The molecular weight excluding hydrogens is 367 g/mol. The second-order valence-corrected chi connectivity index (χ2v) is 6.26. The van der Waals surface area contributed by atoms with Gasteiger partial charge in [0.05, 0.1) is 5.52 Å². The Morgan fingerprint density at radius 2 is 1.91 bits per heavy atom. The van der Waals surface area contributed by atoms with E-state index in [1.807, 2.05) is 0 Å². The number of aliphatic carboxylic acids is 1. The van der Waals surface area contributed by atoms with Crippen LogP contribution < -0.4 is 5.32 Å². The first-order chi connectivity index (χ1) is 11.0. The second-order valence-electron chi connectivity index (χ2n) is 5.35. The normalized spacial score (nSPS) is 10.9. The van der Waals surface area contributed by atoms with Crippen molar-refractivity contribution in [1.29, 1.82) is 0 Å². The summed E-state index contributed by atoms with van der Waals surface area (Å²) in [7, 11) is 0. The summed E-state index contributed by atoms with van der Waals surface area (Å²) in [6.07, 6.45) is 3.31. The zero-order valence-electron chi connectivity index (χ0n) is 12.5. The molecule has 0 aliphatic heterocycles. The lowest BCUT2D eigenvalue weighted by molar-refractivity contribution is -0.137. The van der Waals surface area contributed by atoms with Crippen LogP contribution in [0.5, 0.6) is 0 Å². The third-order valence-corrected chi connectivity index (χ3v) is 3.96. The van der Waals surface area contributed by atoms with Crippen molar-refractivity contribution >= 4 is 38.7 Å². The van der Waals surface area contributed by atoms with Crippen LogP contribution in [-0.4, -0.2) is 28.5 Å².